The Labute approximate surface area is 171 Å². The summed E-state index contributed by atoms with van der Waals surface area (Å²) >= 11 is 5.73. The van der Waals surface area contributed by atoms with Crippen molar-refractivity contribution in [3.8, 4) is 0 Å². The number of hydrogen-bond donors (Lipinski definition) is 3. The number of nitrogens with one attached hydrogen (secondary N) is 3. The Balaban J connectivity index is 1.53. The minimum Gasteiger partial charge on any atom is -0.322 e. The summed E-state index contributed by atoms with van der Waals surface area (Å²) in [6.45, 7) is 0. The summed E-state index contributed by atoms with van der Waals surface area (Å²) in [5.74, 6) is -1.61. The molecule has 2 aromatic rings. The van der Waals surface area contributed by atoms with Crippen LogP contribution in [0.1, 0.15) is 34.3 Å². The first-order valence-corrected chi connectivity index (χ1v) is 10.9. The fraction of sp³-hybridized carbons (Fsp3) is 0.316. The molecule has 0 heterocycles. The Bertz CT molecular complexity index is 1090. The van der Waals surface area contributed by atoms with Gasteiger partial charge in [-0.05, 0) is 67.1 Å². The van der Waals surface area contributed by atoms with E-state index >= 15 is 0 Å². The molecule has 1 atom stereocenters. The second kappa shape index (κ2) is 7.64. The van der Waals surface area contributed by atoms with Gasteiger partial charge < -0.3 is 5.32 Å². The Morgan fingerprint density at radius 1 is 0.966 bits per heavy atom. The van der Waals surface area contributed by atoms with E-state index in [1.807, 2.05) is 0 Å². The van der Waals surface area contributed by atoms with Gasteiger partial charge in [-0.3, -0.25) is 4.79 Å². The lowest BCUT2D eigenvalue weighted by molar-refractivity contribution is 0.102. The van der Waals surface area contributed by atoms with Crippen LogP contribution in [0.15, 0.2) is 30.3 Å². The lowest BCUT2D eigenvalue weighted by atomic mass is 10.0. The predicted molar refractivity (Wildman–Crippen MR) is 105 cm³/mol. The largest absolute Gasteiger partial charge is 0.322 e. The Kier molecular flexibility index (Phi) is 5.32. The van der Waals surface area contributed by atoms with Gasteiger partial charge in [-0.25, -0.2) is 8.78 Å². The lowest BCUT2D eigenvalue weighted by Gasteiger charge is -2.13. The highest BCUT2D eigenvalue weighted by atomic mass is 35.5. The molecule has 29 heavy (non-hydrogen) atoms. The highest BCUT2D eigenvalue weighted by Crippen LogP contribution is 2.30. The van der Waals surface area contributed by atoms with Crippen LogP contribution in [0.2, 0.25) is 5.02 Å². The molecule has 0 radical (unpaired) electrons. The van der Waals surface area contributed by atoms with Gasteiger partial charge in [0.25, 0.3) is 16.1 Å². The maximum atomic E-state index is 14.3. The fourth-order valence-electron chi connectivity index (χ4n) is 3.43. The van der Waals surface area contributed by atoms with E-state index in [1.54, 1.807) is 0 Å². The Morgan fingerprint density at radius 3 is 2.31 bits per heavy atom. The van der Waals surface area contributed by atoms with Gasteiger partial charge in [0.1, 0.15) is 11.6 Å². The maximum absolute atomic E-state index is 14.3. The maximum Gasteiger partial charge on any atom is 0.277 e. The number of carbonyl (C=O) groups is 1. The summed E-state index contributed by atoms with van der Waals surface area (Å²) in [5.41, 5.74) is 1.30. The smallest absolute Gasteiger partial charge is 0.277 e. The topological polar surface area (TPSA) is 87.3 Å². The third-order valence-corrected chi connectivity index (χ3v) is 6.50. The summed E-state index contributed by atoms with van der Waals surface area (Å²) in [5, 5.41) is 2.47. The zero-order chi connectivity index (χ0) is 20.8. The molecule has 2 aliphatic rings. The van der Waals surface area contributed by atoms with Gasteiger partial charge in [0.15, 0.2) is 0 Å². The molecule has 0 saturated heterocycles. The molecule has 0 unspecified atom stereocenters. The second-order valence-electron chi connectivity index (χ2n) is 7.25. The Morgan fingerprint density at radius 2 is 1.62 bits per heavy atom. The van der Waals surface area contributed by atoms with Crippen LogP contribution >= 0.6 is 11.6 Å². The molecule has 154 valence electrons. The molecule has 4 rings (SSSR count). The molecule has 3 N–H and O–H groups in total. The third-order valence-electron chi connectivity index (χ3n) is 4.92. The minimum atomic E-state index is -3.70. The van der Waals surface area contributed by atoms with Gasteiger partial charge in [0.2, 0.25) is 0 Å². The highest BCUT2D eigenvalue weighted by molar-refractivity contribution is 7.87. The van der Waals surface area contributed by atoms with E-state index in [0.717, 1.165) is 18.9 Å². The van der Waals surface area contributed by atoms with Gasteiger partial charge in [0, 0.05) is 23.3 Å². The number of anilines is 1. The van der Waals surface area contributed by atoms with E-state index in [9.17, 15) is 22.0 Å². The van der Waals surface area contributed by atoms with Crippen LogP contribution in [-0.4, -0.2) is 26.4 Å². The monoisotopic (exact) mass is 441 g/mol. The summed E-state index contributed by atoms with van der Waals surface area (Å²) in [4.78, 5) is 12.7. The van der Waals surface area contributed by atoms with Gasteiger partial charge in [-0.1, -0.05) is 11.6 Å². The van der Waals surface area contributed by atoms with Crippen molar-refractivity contribution in [3.05, 3.63) is 63.7 Å². The minimum absolute atomic E-state index is 0.0445. The van der Waals surface area contributed by atoms with E-state index in [4.69, 9.17) is 11.6 Å². The molecule has 1 fully saturated rings. The zero-order valence-corrected chi connectivity index (χ0v) is 16.7. The second-order valence-corrected chi connectivity index (χ2v) is 9.14. The fourth-order valence-corrected chi connectivity index (χ4v) is 4.95. The zero-order valence-electron chi connectivity index (χ0n) is 15.1. The number of amides is 1. The van der Waals surface area contributed by atoms with Crippen LogP contribution in [0.4, 0.5) is 14.5 Å². The quantitative estimate of drug-likeness (QED) is 0.644. The molecule has 2 aliphatic carbocycles. The lowest BCUT2D eigenvalue weighted by Crippen LogP contribution is -2.44. The number of hydrogen-bond acceptors (Lipinski definition) is 3. The third kappa shape index (κ3) is 4.58. The van der Waals surface area contributed by atoms with Crippen molar-refractivity contribution >= 4 is 33.4 Å². The van der Waals surface area contributed by atoms with Crippen LogP contribution in [0.25, 0.3) is 0 Å². The molecular weight excluding hydrogens is 424 g/mol. The predicted octanol–water partition coefficient (Wildman–Crippen LogP) is 2.92. The van der Waals surface area contributed by atoms with Crippen LogP contribution < -0.4 is 14.8 Å². The van der Waals surface area contributed by atoms with Crippen LogP contribution in [0.5, 0.6) is 0 Å². The van der Waals surface area contributed by atoms with Gasteiger partial charge >= 0.3 is 0 Å². The van der Waals surface area contributed by atoms with Gasteiger partial charge in [0.05, 0.1) is 5.02 Å². The van der Waals surface area contributed by atoms with Crippen molar-refractivity contribution in [1.82, 2.24) is 9.44 Å². The van der Waals surface area contributed by atoms with Crippen LogP contribution in [0, 0.1) is 11.6 Å². The molecule has 10 heteroatoms. The van der Waals surface area contributed by atoms with Crippen molar-refractivity contribution in [3.63, 3.8) is 0 Å². The van der Waals surface area contributed by atoms with E-state index in [0.29, 0.717) is 16.8 Å². The molecule has 1 saturated carbocycles. The molecular formula is C19H18ClF2N3O3S. The molecule has 2 aromatic carbocycles. The summed E-state index contributed by atoms with van der Waals surface area (Å²) < 4.78 is 57.0. The van der Waals surface area contributed by atoms with Crippen molar-refractivity contribution in [2.24, 2.45) is 0 Å². The number of fused-ring (bicyclic) bond motifs is 1. The summed E-state index contributed by atoms with van der Waals surface area (Å²) in [7, 11) is -3.70. The van der Waals surface area contributed by atoms with E-state index in [2.05, 4.69) is 14.8 Å². The first-order chi connectivity index (χ1) is 13.7. The summed E-state index contributed by atoms with van der Waals surface area (Å²) in [6, 6.07) is 5.72. The molecule has 0 spiro atoms. The van der Waals surface area contributed by atoms with Crippen molar-refractivity contribution in [2.45, 2.75) is 37.8 Å². The van der Waals surface area contributed by atoms with Crippen LogP contribution in [0.3, 0.4) is 0 Å². The molecule has 1 amide bonds. The van der Waals surface area contributed by atoms with E-state index < -0.39 is 33.8 Å². The summed E-state index contributed by atoms with van der Waals surface area (Å²) in [6.07, 6.45) is 1.94. The average Bonchev–Trinajstić information content (AvgIpc) is 3.33. The van der Waals surface area contributed by atoms with E-state index in [-0.39, 0.29) is 29.5 Å². The standard InChI is InChI=1S/C19H18ClF2N3O3S/c20-16-9-11(3-5-18(16)22)23-19(26)13-4-6-17(21)15-8-12(7-14(13)15)25-29(27,28)24-10-1-2-10/h3-6,9-10,12,24-25H,1-2,7-8H2,(H,23,26)/t12-/m0/s1. The number of benzene rings is 2. The van der Waals surface area contributed by atoms with Crippen molar-refractivity contribution in [1.29, 1.82) is 0 Å². The average molecular weight is 442 g/mol. The molecule has 0 aromatic heterocycles. The molecule has 0 bridgehead atoms. The first-order valence-electron chi connectivity index (χ1n) is 9.08. The van der Waals surface area contributed by atoms with Gasteiger partial charge in [-0.15, -0.1) is 0 Å². The normalized spacial score (nSPS) is 18.5. The van der Waals surface area contributed by atoms with Crippen molar-refractivity contribution in [2.75, 3.05) is 5.32 Å². The number of halogens is 3. The van der Waals surface area contributed by atoms with E-state index in [1.165, 1.54) is 24.3 Å². The molecule has 0 aliphatic heterocycles. The molecule has 6 nitrogen and oxygen atoms in total. The number of rotatable bonds is 6. The number of carbonyl (C=O) groups excluding carboxylic acids is 1. The first kappa shape index (κ1) is 20.2. The Hall–Kier alpha value is -2.07. The SMILES string of the molecule is O=C(Nc1ccc(F)c(Cl)c1)c1ccc(F)c2c1C[C@H](NS(=O)(=O)NC1CC1)C2. The van der Waals surface area contributed by atoms with Crippen molar-refractivity contribution < 1.29 is 22.0 Å². The highest BCUT2D eigenvalue weighted by Gasteiger charge is 2.33. The van der Waals surface area contributed by atoms with Crippen LogP contribution in [-0.2, 0) is 23.1 Å². The van der Waals surface area contributed by atoms with Gasteiger partial charge in [-0.2, -0.15) is 17.9 Å².